The Labute approximate surface area is 264 Å². The second-order valence-electron chi connectivity index (χ2n) is 11.6. The van der Waals surface area contributed by atoms with Crippen LogP contribution < -0.4 is 19.7 Å². The third-order valence-corrected chi connectivity index (χ3v) is 11.8. The van der Waals surface area contributed by atoms with Crippen LogP contribution in [0.2, 0.25) is 0 Å². The van der Waals surface area contributed by atoms with Gasteiger partial charge in [-0.05, 0) is 73.1 Å². The Morgan fingerprint density at radius 1 is 1.02 bits per heavy atom. The number of phenols is 1. The van der Waals surface area contributed by atoms with Crippen LogP contribution in [0.25, 0.3) is 0 Å². The summed E-state index contributed by atoms with van der Waals surface area (Å²) < 4.78 is 11.8. The smallest absolute Gasteiger partial charge is 0.323 e. The Bertz CT molecular complexity index is 1770. The van der Waals surface area contributed by atoms with E-state index < -0.39 is 42.1 Å². The normalized spacial score (nSPS) is 27.6. The molecule has 2 saturated carbocycles. The van der Waals surface area contributed by atoms with E-state index in [1.807, 2.05) is 19.1 Å². The first kappa shape index (κ1) is 29.4. The third-order valence-electron chi connectivity index (χ3n) is 9.25. The molecule has 45 heavy (non-hydrogen) atoms. The number of aromatic hydroxyl groups is 1. The fourth-order valence-corrected chi connectivity index (χ4v) is 10.6. The van der Waals surface area contributed by atoms with Crippen LogP contribution in [0, 0.1) is 29.6 Å². The fourth-order valence-electron chi connectivity index (χ4n) is 7.73. The van der Waals surface area contributed by atoms with Crippen molar-refractivity contribution in [2.24, 2.45) is 29.6 Å². The monoisotopic (exact) mass is 651 g/mol. The number of aliphatic carboxylic acids is 1. The van der Waals surface area contributed by atoms with Crippen LogP contribution in [0.5, 0.6) is 17.2 Å². The molecule has 4 aliphatic rings. The molecule has 1 aromatic heterocycles. The number of fused-ring (bicyclic) bond motifs is 9. The van der Waals surface area contributed by atoms with Gasteiger partial charge in [-0.15, -0.1) is 11.8 Å². The molecule has 6 unspecified atom stereocenters. The minimum absolute atomic E-state index is 0.0457. The van der Waals surface area contributed by atoms with Crippen molar-refractivity contribution in [1.29, 1.82) is 0 Å². The molecule has 7 atom stereocenters. The molecule has 7 rings (SSSR count). The quantitative estimate of drug-likeness (QED) is 0.199. The predicted molar refractivity (Wildman–Crippen MR) is 163 cm³/mol. The van der Waals surface area contributed by atoms with Gasteiger partial charge in [-0.1, -0.05) is 17.4 Å². The van der Waals surface area contributed by atoms with Gasteiger partial charge < -0.3 is 30.0 Å². The number of carboxylic acid groups (broad SMARTS) is 1. The van der Waals surface area contributed by atoms with Gasteiger partial charge in [0, 0.05) is 21.7 Å². The number of thioether (sulfide) groups is 1. The number of ether oxygens (including phenoxy) is 2. The van der Waals surface area contributed by atoms with Gasteiger partial charge in [-0.3, -0.25) is 28.9 Å². The van der Waals surface area contributed by atoms with Crippen LogP contribution in [0.4, 0.5) is 5.69 Å². The van der Waals surface area contributed by atoms with Gasteiger partial charge in [0.1, 0.15) is 12.3 Å². The second-order valence-corrected chi connectivity index (χ2v) is 13.8. The Balaban J connectivity index is 1.18. The van der Waals surface area contributed by atoms with E-state index in [0.29, 0.717) is 30.2 Å². The van der Waals surface area contributed by atoms with Gasteiger partial charge in [0.05, 0.1) is 23.5 Å². The van der Waals surface area contributed by atoms with Crippen molar-refractivity contribution in [2.45, 2.75) is 29.5 Å². The van der Waals surface area contributed by atoms with Crippen LogP contribution >= 0.6 is 23.1 Å². The number of nitrogens with zero attached hydrogens (tertiary/aromatic N) is 1. The minimum atomic E-state index is -1.22. The van der Waals surface area contributed by atoms with Gasteiger partial charge >= 0.3 is 10.8 Å². The summed E-state index contributed by atoms with van der Waals surface area (Å²) in [5.74, 6) is -3.32. The molecule has 3 amide bonds. The zero-order valence-electron chi connectivity index (χ0n) is 23.9. The number of hydrogen-bond acceptors (Lipinski definition) is 10. The van der Waals surface area contributed by atoms with E-state index in [4.69, 9.17) is 9.47 Å². The van der Waals surface area contributed by atoms with E-state index in [1.165, 1.54) is 12.1 Å². The van der Waals surface area contributed by atoms with E-state index >= 15 is 0 Å². The Morgan fingerprint density at radius 2 is 1.76 bits per heavy atom. The average molecular weight is 652 g/mol. The summed E-state index contributed by atoms with van der Waals surface area (Å²) in [5, 5.41) is 22.2. The van der Waals surface area contributed by atoms with E-state index in [0.717, 1.165) is 31.7 Å². The van der Waals surface area contributed by atoms with Crippen LogP contribution in [0.15, 0.2) is 52.3 Å². The number of rotatable bonds is 9. The van der Waals surface area contributed by atoms with Crippen molar-refractivity contribution < 1.29 is 38.9 Å². The number of amides is 3. The SMILES string of the molecule is CCOc1cc([C@H]2c3sc(=O)[nH]c3SC3C4CC(C5C(=O)N(CC(=O)O)C(=O)C45)C32)ccc1OCC(=O)Nc1ccc(O)cc1. The summed E-state index contributed by atoms with van der Waals surface area (Å²) in [6, 6.07) is 11.5. The molecule has 3 fully saturated rings. The number of aromatic nitrogens is 1. The molecule has 14 heteroatoms. The lowest BCUT2D eigenvalue weighted by atomic mass is 9.68. The van der Waals surface area contributed by atoms with Gasteiger partial charge in [-0.2, -0.15) is 0 Å². The molecule has 2 bridgehead atoms. The first-order chi connectivity index (χ1) is 21.6. The standard InChI is InChI=1S/C31H29N3O9S2/c1-2-42-19-9-13(3-8-18(19)43-12-20(36)32-14-4-6-15(35)7-5-14)22-23-16-10-17(26(23)44-28-27(22)45-31(41)33-28)25-24(16)29(39)34(30(25)40)11-21(37)38/h3-9,16-17,22-26,35H,2,10-12H2,1H3,(H,32,36)(H,33,41)(H,37,38)/t16?,17?,22-,23?,24?,25?,26?/m1/s1. The number of carbonyl (C=O) groups excluding carboxylic acids is 3. The molecule has 12 nitrogen and oxygen atoms in total. The lowest BCUT2D eigenvalue weighted by Crippen LogP contribution is -2.42. The van der Waals surface area contributed by atoms with Crippen molar-refractivity contribution in [3.63, 3.8) is 0 Å². The molecule has 1 saturated heterocycles. The Kier molecular flexibility index (Phi) is 7.35. The molecule has 3 heterocycles. The highest BCUT2D eigenvalue weighted by Gasteiger charge is 2.69. The highest BCUT2D eigenvalue weighted by atomic mass is 32.2. The highest BCUT2D eigenvalue weighted by molar-refractivity contribution is 8.00. The van der Waals surface area contributed by atoms with Crippen LogP contribution in [-0.4, -0.2) is 68.8 Å². The number of carbonyl (C=O) groups is 4. The number of phenolic OH excluding ortho intramolecular Hbond substituents is 1. The maximum absolute atomic E-state index is 13.4. The van der Waals surface area contributed by atoms with Crippen molar-refractivity contribution in [1.82, 2.24) is 9.88 Å². The Morgan fingerprint density at radius 3 is 2.47 bits per heavy atom. The van der Waals surface area contributed by atoms with Gasteiger partial charge in [0.2, 0.25) is 11.8 Å². The summed E-state index contributed by atoms with van der Waals surface area (Å²) in [6.07, 6.45) is 0.682. The summed E-state index contributed by atoms with van der Waals surface area (Å²) in [5.41, 5.74) is 1.36. The number of benzene rings is 2. The number of likely N-dealkylation sites (tertiary alicyclic amines) is 1. The number of anilines is 1. The molecular weight excluding hydrogens is 622 g/mol. The molecule has 3 aromatic rings. The number of hydrogen-bond donors (Lipinski definition) is 4. The second kappa shape index (κ2) is 11.2. The van der Waals surface area contributed by atoms with Crippen molar-refractivity contribution >= 4 is 52.5 Å². The van der Waals surface area contributed by atoms with Crippen molar-refractivity contribution in [3.05, 3.63) is 62.6 Å². The van der Waals surface area contributed by atoms with Crippen molar-refractivity contribution in [3.8, 4) is 17.2 Å². The fraction of sp³-hybridized carbons (Fsp3) is 0.387. The van der Waals surface area contributed by atoms with Gasteiger partial charge in [0.25, 0.3) is 5.91 Å². The molecule has 0 radical (unpaired) electrons. The van der Waals surface area contributed by atoms with Gasteiger partial charge in [0.15, 0.2) is 18.1 Å². The third kappa shape index (κ3) is 4.96. The summed E-state index contributed by atoms with van der Waals surface area (Å²) in [6.45, 7) is 1.24. The number of aromatic amines is 1. The average Bonchev–Trinajstić information content (AvgIpc) is 3.74. The molecular formula is C31H29N3O9S2. The molecule has 4 N–H and O–H groups in total. The van der Waals surface area contributed by atoms with E-state index in [1.54, 1.807) is 30.0 Å². The topological polar surface area (TPSA) is 175 Å². The number of imide groups is 1. The minimum Gasteiger partial charge on any atom is -0.508 e. The number of H-pyrrole nitrogens is 1. The summed E-state index contributed by atoms with van der Waals surface area (Å²) in [7, 11) is 0. The predicted octanol–water partition coefficient (Wildman–Crippen LogP) is 3.12. The first-order valence-corrected chi connectivity index (χ1v) is 16.3. The van der Waals surface area contributed by atoms with Crippen LogP contribution in [0.3, 0.4) is 0 Å². The molecule has 0 spiro atoms. The highest BCUT2D eigenvalue weighted by Crippen LogP contribution is 2.68. The van der Waals surface area contributed by atoms with Gasteiger partial charge in [-0.25, -0.2) is 0 Å². The van der Waals surface area contributed by atoms with Crippen LogP contribution in [-0.2, 0) is 19.2 Å². The zero-order chi connectivity index (χ0) is 31.6. The molecule has 2 aromatic carbocycles. The lowest BCUT2D eigenvalue weighted by molar-refractivity contribution is -0.149. The molecule has 234 valence electrons. The maximum Gasteiger partial charge on any atom is 0.323 e. The molecule has 2 aliphatic heterocycles. The summed E-state index contributed by atoms with van der Waals surface area (Å²) >= 11 is 2.68. The molecule has 2 aliphatic carbocycles. The van der Waals surface area contributed by atoms with Crippen LogP contribution in [0.1, 0.15) is 29.7 Å². The number of thiazole rings is 1. The van der Waals surface area contributed by atoms with E-state index in [2.05, 4.69) is 10.3 Å². The van der Waals surface area contributed by atoms with E-state index in [-0.39, 0.29) is 46.2 Å². The zero-order valence-corrected chi connectivity index (χ0v) is 25.6. The lowest BCUT2D eigenvalue weighted by Gasteiger charge is -2.43. The Hall–Kier alpha value is -4.30. The first-order valence-electron chi connectivity index (χ1n) is 14.6. The largest absolute Gasteiger partial charge is 0.508 e. The van der Waals surface area contributed by atoms with E-state index in [9.17, 15) is 34.2 Å². The summed E-state index contributed by atoms with van der Waals surface area (Å²) in [4.78, 5) is 67.8. The number of nitrogens with one attached hydrogen (secondary N) is 2. The number of carboxylic acids is 1. The van der Waals surface area contributed by atoms with Crippen molar-refractivity contribution in [2.75, 3.05) is 25.1 Å². The maximum atomic E-state index is 13.4.